The van der Waals surface area contributed by atoms with Crippen molar-refractivity contribution in [2.75, 3.05) is 13.2 Å². The number of allylic oxidation sites excluding steroid dienone is 2. The molecule has 0 radical (unpaired) electrons. The van der Waals surface area contributed by atoms with E-state index < -0.39 is 75.7 Å². The summed E-state index contributed by atoms with van der Waals surface area (Å²) in [5, 5.41) is 50.0. The third-order valence-electron chi connectivity index (χ3n) is 10.1. The summed E-state index contributed by atoms with van der Waals surface area (Å²) in [5.74, 6) is -1.10. The van der Waals surface area contributed by atoms with Gasteiger partial charge in [-0.3, -0.25) is 18.6 Å². The molecule has 14 heteroatoms. The standard InChI is InChI=1S/C41H77O13P/c1-3-5-7-9-11-13-15-17-18-20-22-24-26-28-30-35(43)53-33(31-51-34(42)29-27-25-23-21-19-16-14-12-10-8-6-4-2)32-52-55(49,50)54-41-39(47)37(45)36(44)38(46)40(41)48/h12,14,33,36-41,44-48H,3-11,13,15-32H2,1-2H3,(H,49,50)/b14-12-/t33-,36?,37-,38?,39?,40?,41?/m1/s1. The number of rotatable bonds is 35. The van der Waals surface area contributed by atoms with Crippen LogP contribution in [0.1, 0.15) is 181 Å². The van der Waals surface area contributed by atoms with Crippen LogP contribution in [0, 0.1) is 0 Å². The second-order valence-electron chi connectivity index (χ2n) is 15.2. The zero-order chi connectivity index (χ0) is 40.7. The number of aliphatic hydroxyl groups is 5. The average Bonchev–Trinajstić information content (AvgIpc) is 3.16. The number of phosphoric acid groups is 1. The van der Waals surface area contributed by atoms with Gasteiger partial charge < -0.3 is 39.9 Å². The number of carbonyl (C=O) groups is 2. The van der Waals surface area contributed by atoms with Crippen LogP contribution in [-0.2, 0) is 32.7 Å². The first kappa shape index (κ1) is 51.6. The molecule has 0 saturated heterocycles. The fourth-order valence-corrected chi connectivity index (χ4v) is 7.55. The van der Waals surface area contributed by atoms with E-state index in [1.165, 1.54) is 83.5 Å². The molecule has 0 aromatic heterocycles. The van der Waals surface area contributed by atoms with Crippen LogP contribution in [0.15, 0.2) is 12.2 Å². The lowest BCUT2D eigenvalue weighted by molar-refractivity contribution is -0.220. The largest absolute Gasteiger partial charge is 0.472 e. The highest BCUT2D eigenvalue weighted by Gasteiger charge is 2.51. The number of unbranched alkanes of at least 4 members (excludes halogenated alkanes) is 21. The van der Waals surface area contributed by atoms with E-state index in [1.807, 2.05) is 0 Å². The predicted molar refractivity (Wildman–Crippen MR) is 212 cm³/mol. The fourth-order valence-electron chi connectivity index (χ4n) is 6.58. The molecule has 55 heavy (non-hydrogen) atoms. The summed E-state index contributed by atoms with van der Waals surface area (Å²) >= 11 is 0. The summed E-state index contributed by atoms with van der Waals surface area (Å²) in [6, 6.07) is 0. The van der Waals surface area contributed by atoms with Gasteiger partial charge in [0.15, 0.2) is 6.10 Å². The van der Waals surface area contributed by atoms with Crippen molar-refractivity contribution in [3.8, 4) is 0 Å². The molecule has 324 valence electrons. The molecule has 1 aliphatic rings. The van der Waals surface area contributed by atoms with Crippen molar-refractivity contribution in [1.29, 1.82) is 0 Å². The van der Waals surface area contributed by atoms with Gasteiger partial charge >= 0.3 is 19.8 Å². The number of carbonyl (C=O) groups excluding carboxylic acids is 2. The second-order valence-corrected chi connectivity index (χ2v) is 16.6. The number of hydrogen-bond acceptors (Lipinski definition) is 12. The minimum absolute atomic E-state index is 0.100. The van der Waals surface area contributed by atoms with Crippen molar-refractivity contribution >= 4 is 19.8 Å². The van der Waals surface area contributed by atoms with Gasteiger partial charge in [0.25, 0.3) is 0 Å². The lowest BCUT2D eigenvalue weighted by Crippen LogP contribution is -2.64. The Hall–Kier alpha value is -1.41. The van der Waals surface area contributed by atoms with E-state index in [0.717, 1.165) is 57.8 Å². The minimum Gasteiger partial charge on any atom is -0.462 e. The van der Waals surface area contributed by atoms with Gasteiger partial charge in [0.05, 0.1) is 6.61 Å². The van der Waals surface area contributed by atoms with E-state index in [9.17, 15) is 44.6 Å². The van der Waals surface area contributed by atoms with Crippen LogP contribution in [0.2, 0.25) is 0 Å². The normalized spacial score (nSPS) is 23.1. The first-order chi connectivity index (χ1) is 26.4. The summed E-state index contributed by atoms with van der Waals surface area (Å²) in [7, 11) is -5.11. The van der Waals surface area contributed by atoms with Crippen LogP contribution in [0.4, 0.5) is 0 Å². The highest BCUT2D eigenvalue weighted by Crippen LogP contribution is 2.47. The number of ether oxygens (including phenoxy) is 2. The third kappa shape index (κ3) is 25.5. The van der Waals surface area contributed by atoms with Gasteiger partial charge in [0.1, 0.15) is 43.2 Å². The van der Waals surface area contributed by atoms with Crippen molar-refractivity contribution in [2.24, 2.45) is 0 Å². The molecule has 8 atom stereocenters. The molecule has 6 N–H and O–H groups in total. The van der Waals surface area contributed by atoms with E-state index in [2.05, 4.69) is 26.0 Å². The van der Waals surface area contributed by atoms with Gasteiger partial charge in [-0.1, -0.05) is 142 Å². The third-order valence-corrected chi connectivity index (χ3v) is 11.1. The van der Waals surface area contributed by atoms with Crippen molar-refractivity contribution in [3.63, 3.8) is 0 Å². The summed E-state index contributed by atoms with van der Waals surface area (Å²) in [6.07, 6.45) is 18.5. The molecule has 1 fully saturated rings. The highest BCUT2D eigenvalue weighted by atomic mass is 31.2. The van der Waals surface area contributed by atoms with E-state index in [1.54, 1.807) is 0 Å². The zero-order valence-corrected chi connectivity index (χ0v) is 34.9. The van der Waals surface area contributed by atoms with Crippen LogP contribution >= 0.6 is 7.82 Å². The molecule has 0 spiro atoms. The minimum atomic E-state index is -5.11. The Morgan fingerprint density at radius 2 is 0.927 bits per heavy atom. The SMILES string of the molecule is CCCCC/C=C\CCCCCCCC(=O)OC[C@H](COP(=O)(O)OC1C(O)C(O)C(O)[C@@H](O)C1O)OC(=O)CCCCCCCCCCCCCCCC. The monoisotopic (exact) mass is 809 g/mol. The van der Waals surface area contributed by atoms with Crippen molar-refractivity contribution in [1.82, 2.24) is 0 Å². The lowest BCUT2D eigenvalue weighted by Gasteiger charge is -2.41. The Morgan fingerprint density at radius 3 is 1.42 bits per heavy atom. The maximum Gasteiger partial charge on any atom is 0.472 e. The van der Waals surface area contributed by atoms with E-state index in [4.69, 9.17) is 18.5 Å². The first-order valence-electron chi connectivity index (χ1n) is 21.5. The topological polar surface area (TPSA) is 210 Å². The van der Waals surface area contributed by atoms with Crippen LogP contribution in [-0.4, -0.2) is 98.3 Å². The molecule has 0 amide bonds. The van der Waals surface area contributed by atoms with E-state index in [-0.39, 0.29) is 12.8 Å². The molecule has 1 rings (SSSR count). The average molecular weight is 809 g/mol. The first-order valence-corrected chi connectivity index (χ1v) is 23.0. The van der Waals surface area contributed by atoms with Crippen LogP contribution < -0.4 is 0 Å². The highest BCUT2D eigenvalue weighted by molar-refractivity contribution is 7.47. The molecule has 0 aromatic carbocycles. The Kier molecular flexibility index (Phi) is 30.5. The summed E-state index contributed by atoms with van der Waals surface area (Å²) < 4.78 is 33.4. The fraction of sp³-hybridized carbons (Fsp3) is 0.902. The van der Waals surface area contributed by atoms with E-state index in [0.29, 0.717) is 12.8 Å². The Labute approximate surface area is 331 Å². The molecule has 1 saturated carbocycles. The number of esters is 2. The smallest absolute Gasteiger partial charge is 0.462 e. The number of phosphoric ester groups is 1. The quantitative estimate of drug-likeness (QED) is 0.0159. The van der Waals surface area contributed by atoms with Crippen LogP contribution in [0.25, 0.3) is 0 Å². The van der Waals surface area contributed by atoms with Crippen molar-refractivity contribution in [2.45, 2.75) is 224 Å². The maximum absolute atomic E-state index is 12.8. The lowest BCUT2D eigenvalue weighted by atomic mass is 9.85. The van der Waals surface area contributed by atoms with Gasteiger partial charge in [-0.25, -0.2) is 4.57 Å². The zero-order valence-electron chi connectivity index (χ0n) is 34.0. The van der Waals surface area contributed by atoms with Gasteiger partial charge in [-0.2, -0.15) is 0 Å². The molecule has 0 aromatic rings. The van der Waals surface area contributed by atoms with Gasteiger partial charge in [0.2, 0.25) is 0 Å². The number of hydrogen-bond donors (Lipinski definition) is 6. The van der Waals surface area contributed by atoms with Gasteiger partial charge in [-0.05, 0) is 38.5 Å². The van der Waals surface area contributed by atoms with Crippen molar-refractivity contribution in [3.05, 3.63) is 12.2 Å². The number of aliphatic hydroxyl groups excluding tert-OH is 5. The summed E-state index contributed by atoms with van der Waals surface area (Å²) in [5.41, 5.74) is 0. The molecule has 0 bridgehead atoms. The Morgan fingerprint density at radius 1 is 0.545 bits per heavy atom. The van der Waals surface area contributed by atoms with Crippen LogP contribution in [0.3, 0.4) is 0 Å². The van der Waals surface area contributed by atoms with Gasteiger partial charge in [-0.15, -0.1) is 0 Å². The molecule has 0 aliphatic heterocycles. The summed E-state index contributed by atoms with van der Waals surface area (Å²) in [6.45, 7) is 3.26. The predicted octanol–water partition coefficient (Wildman–Crippen LogP) is 7.50. The molecule has 13 nitrogen and oxygen atoms in total. The molecular formula is C41H77O13P. The van der Waals surface area contributed by atoms with Gasteiger partial charge in [0, 0.05) is 12.8 Å². The molecule has 1 aliphatic carbocycles. The maximum atomic E-state index is 12.8. The molecule has 6 unspecified atom stereocenters. The molecule has 0 heterocycles. The van der Waals surface area contributed by atoms with Crippen molar-refractivity contribution < 1.29 is 63.1 Å². The Balaban J connectivity index is 2.50. The molecular weight excluding hydrogens is 731 g/mol. The second kappa shape index (κ2) is 32.5. The van der Waals surface area contributed by atoms with Crippen LogP contribution in [0.5, 0.6) is 0 Å². The van der Waals surface area contributed by atoms with E-state index >= 15 is 0 Å². The summed E-state index contributed by atoms with van der Waals surface area (Å²) in [4.78, 5) is 35.5. The Bertz CT molecular complexity index is 1030.